The maximum atomic E-state index is 8.93. The van der Waals surface area contributed by atoms with Crippen molar-refractivity contribution >= 4 is 44.0 Å². The third kappa shape index (κ3) is 1.53. The average molecular weight is 313 g/mol. The van der Waals surface area contributed by atoms with E-state index in [0.717, 1.165) is 15.6 Å². The van der Waals surface area contributed by atoms with Crippen LogP contribution in [-0.4, -0.2) is 0 Å². The molecule has 70 valence electrons. The summed E-state index contributed by atoms with van der Waals surface area (Å²) in [6, 6.07) is 6.33. The lowest BCUT2D eigenvalue weighted by Crippen LogP contribution is -1.82. The molecule has 0 aliphatic carbocycles. The molecule has 2 rings (SSSR count). The van der Waals surface area contributed by atoms with Crippen molar-refractivity contribution in [3.05, 3.63) is 32.2 Å². The number of hydrogen-bond donors (Lipinski definition) is 0. The fraction of sp³-hybridized carbons (Fsp3) is 0.182. The van der Waals surface area contributed by atoms with Crippen LogP contribution in [0.25, 0.3) is 10.1 Å². The molecule has 0 amide bonds. The smallest absolute Gasteiger partial charge is 0.100 e. The Bertz CT molecular complexity index is 522. The molecule has 0 aliphatic heterocycles. The highest BCUT2D eigenvalue weighted by Crippen LogP contribution is 2.29. The van der Waals surface area contributed by atoms with Crippen LogP contribution < -0.4 is 0 Å². The number of benzene rings is 1. The summed E-state index contributed by atoms with van der Waals surface area (Å²) in [5, 5.41) is 12.4. The molecule has 0 saturated heterocycles. The third-order valence-electron chi connectivity index (χ3n) is 2.24. The van der Waals surface area contributed by atoms with Crippen molar-refractivity contribution in [3.8, 4) is 6.07 Å². The first kappa shape index (κ1) is 9.94. The predicted molar refractivity (Wildman–Crippen MR) is 68.6 cm³/mol. The zero-order valence-corrected chi connectivity index (χ0v) is 10.6. The molecular weight excluding hydrogens is 305 g/mol. The van der Waals surface area contributed by atoms with Gasteiger partial charge in [0.15, 0.2) is 0 Å². The molecule has 1 nitrogen and oxygen atoms in total. The summed E-state index contributed by atoms with van der Waals surface area (Å²) in [6.45, 7) is 2.14. The minimum Gasteiger partial charge on any atom is -0.192 e. The van der Waals surface area contributed by atoms with Gasteiger partial charge in [-0.3, -0.25) is 0 Å². The molecule has 1 aromatic heterocycles. The molecule has 0 saturated carbocycles. The second-order valence-electron chi connectivity index (χ2n) is 3.05. The van der Waals surface area contributed by atoms with Gasteiger partial charge in [0.25, 0.3) is 0 Å². The van der Waals surface area contributed by atoms with Gasteiger partial charge in [0, 0.05) is 8.27 Å². The van der Waals surface area contributed by atoms with E-state index in [1.54, 1.807) is 11.3 Å². The average Bonchev–Trinajstić information content (AvgIpc) is 2.58. The van der Waals surface area contributed by atoms with Gasteiger partial charge < -0.3 is 0 Å². The van der Waals surface area contributed by atoms with Crippen molar-refractivity contribution in [3.63, 3.8) is 0 Å². The van der Waals surface area contributed by atoms with Crippen molar-refractivity contribution in [1.29, 1.82) is 5.26 Å². The van der Waals surface area contributed by atoms with Crippen LogP contribution in [0.4, 0.5) is 0 Å². The first-order valence-corrected chi connectivity index (χ1v) is 6.31. The molecule has 0 radical (unpaired) electrons. The van der Waals surface area contributed by atoms with E-state index >= 15 is 0 Å². The third-order valence-corrected chi connectivity index (χ3v) is 4.13. The van der Waals surface area contributed by atoms with Crippen molar-refractivity contribution in [2.45, 2.75) is 13.3 Å². The minimum absolute atomic E-state index is 0.784. The lowest BCUT2D eigenvalue weighted by Gasteiger charge is -1.97. The standard InChI is InChI=1S/C11H8INS/c1-2-7-6-14-11-4-10(12)8(5-13)3-9(7)11/h3-4,6H,2H2,1H3. The first-order valence-electron chi connectivity index (χ1n) is 4.36. The fourth-order valence-corrected chi connectivity index (χ4v) is 3.33. The molecule has 1 aromatic carbocycles. The molecule has 0 N–H and O–H groups in total. The summed E-state index contributed by atoms with van der Waals surface area (Å²) in [5.74, 6) is 0. The van der Waals surface area contributed by atoms with Crippen molar-refractivity contribution in [2.24, 2.45) is 0 Å². The van der Waals surface area contributed by atoms with Gasteiger partial charge in [-0.2, -0.15) is 5.26 Å². The molecule has 0 aliphatic rings. The number of thiophene rings is 1. The van der Waals surface area contributed by atoms with Crippen LogP contribution >= 0.6 is 33.9 Å². The lowest BCUT2D eigenvalue weighted by atomic mass is 10.1. The van der Waals surface area contributed by atoms with Crippen LogP contribution in [0.3, 0.4) is 0 Å². The van der Waals surface area contributed by atoms with Gasteiger partial charge in [-0.15, -0.1) is 11.3 Å². The van der Waals surface area contributed by atoms with Gasteiger partial charge in [-0.1, -0.05) is 6.92 Å². The van der Waals surface area contributed by atoms with Crippen LogP contribution in [0.15, 0.2) is 17.5 Å². The summed E-state index contributed by atoms with van der Waals surface area (Å²) in [6.07, 6.45) is 1.03. The van der Waals surface area contributed by atoms with E-state index < -0.39 is 0 Å². The van der Waals surface area contributed by atoms with Gasteiger partial charge in [0.1, 0.15) is 6.07 Å². The molecule has 0 unspecified atom stereocenters. The summed E-state index contributed by atoms with van der Waals surface area (Å²) in [5.41, 5.74) is 2.13. The number of hydrogen-bond acceptors (Lipinski definition) is 2. The Kier molecular flexibility index (Phi) is 2.75. The number of halogens is 1. The van der Waals surface area contributed by atoms with Crippen molar-refractivity contribution < 1.29 is 0 Å². The SMILES string of the molecule is CCc1csc2cc(I)c(C#N)cc12. The molecule has 14 heavy (non-hydrogen) atoms. The normalized spacial score (nSPS) is 10.4. The Morgan fingerprint density at radius 3 is 2.93 bits per heavy atom. The zero-order chi connectivity index (χ0) is 10.1. The van der Waals surface area contributed by atoms with Gasteiger partial charge in [-0.25, -0.2) is 0 Å². The molecular formula is C11H8INS. The van der Waals surface area contributed by atoms with Gasteiger partial charge >= 0.3 is 0 Å². The molecule has 0 bridgehead atoms. The molecule has 2 aromatic rings. The Morgan fingerprint density at radius 2 is 2.29 bits per heavy atom. The number of fused-ring (bicyclic) bond motifs is 1. The quantitative estimate of drug-likeness (QED) is 0.732. The summed E-state index contributed by atoms with van der Waals surface area (Å²) in [4.78, 5) is 0. The zero-order valence-electron chi connectivity index (χ0n) is 7.67. The Hall–Kier alpha value is -0.600. The maximum Gasteiger partial charge on any atom is 0.100 e. The van der Waals surface area contributed by atoms with Crippen LogP contribution in [0, 0.1) is 14.9 Å². The van der Waals surface area contributed by atoms with E-state index in [-0.39, 0.29) is 0 Å². The number of aryl methyl sites for hydroxylation is 1. The van der Waals surface area contributed by atoms with E-state index in [2.05, 4.69) is 47.0 Å². The van der Waals surface area contributed by atoms with E-state index in [9.17, 15) is 0 Å². The number of nitriles is 1. The predicted octanol–water partition coefficient (Wildman–Crippen LogP) is 3.94. The van der Waals surface area contributed by atoms with Gasteiger partial charge in [0.2, 0.25) is 0 Å². The maximum absolute atomic E-state index is 8.93. The molecule has 3 heteroatoms. The van der Waals surface area contributed by atoms with Crippen LogP contribution in [0.5, 0.6) is 0 Å². The molecule has 0 atom stereocenters. The largest absolute Gasteiger partial charge is 0.192 e. The van der Waals surface area contributed by atoms with Crippen LogP contribution in [0.1, 0.15) is 18.1 Å². The Morgan fingerprint density at radius 1 is 1.50 bits per heavy atom. The summed E-state index contributed by atoms with van der Waals surface area (Å²) >= 11 is 3.97. The number of nitrogens with zero attached hydrogens (tertiary/aromatic N) is 1. The summed E-state index contributed by atoms with van der Waals surface area (Å²) in [7, 11) is 0. The van der Waals surface area contributed by atoms with E-state index in [1.165, 1.54) is 15.6 Å². The van der Waals surface area contributed by atoms with Gasteiger partial charge in [0.05, 0.1) is 5.56 Å². The monoisotopic (exact) mass is 313 g/mol. The molecule has 1 heterocycles. The fourth-order valence-electron chi connectivity index (χ4n) is 1.46. The van der Waals surface area contributed by atoms with Crippen LogP contribution in [0.2, 0.25) is 0 Å². The van der Waals surface area contributed by atoms with Gasteiger partial charge in [-0.05, 0) is 57.5 Å². The second kappa shape index (κ2) is 3.87. The number of rotatable bonds is 1. The minimum atomic E-state index is 0.784. The van der Waals surface area contributed by atoms with E-state index in [1.807, 2.05) is 6.07 Å². The molecule has 0 spiro atoms. The highest BCUT2D eigenvalue weighted by atomic mass is 127. The Labute approximate surface area is 101 Å². The Balaban J connectivity index is 2.78. The highest BCUT2D eigenvalue weighted by molar-refractivity contribution is 14.1. The lowest BCUT2D eigenvalue weighted by molar-refractivity contribution is 1.17. The highest BCUT2D eigenvalue weighted by Gasteiger charge is 2.06. The first-order chi connectivity index (χ1) is 6.76. The van der Waals surface area contributed by atoms with Crippen molar-refractivity contribution in [1.82, 2.24) is 0 Å². The van der Waals surface area contributed by atoms with Crippen LogP contribution in [-0.2, 0) is 6.42 Å². The van der Waals surface area contributed by atoms with Crippen molar-refractivity contribution in [2.75, 3.05) is 0 Å². The second-order valence-corrected chi connectivity index (χ2v) is 5.13. The summed E-state index contributed by atoms with van der Waals surface area (Å²) < 4.78 is 2.33. The van der Waals surface area contributed by atoms with E-state index in [4.69, 9.17) is 5.26 Å². The topological polar surface area (TPSA) is 23.8 Å². The van der Waals surface area contributed by atoms with E-state index in [0.29, 0.717) is 0 Å². The molecule has 0 fully saturated rings.